The molecule has 0 aliphatic carbocycles. The molecule has 1 unspecified atom stereocenters. The Morgan fingerprint density at radius 3 is 2.90 bits per heavy atom. The zero-order chi connectivity index (χ0) is 14.5. The van der Waals surface area contributed by atoms with Crippen LogP contribution in [-0.2, 0) is 11.3 Å². The molecule has 4 heteroatoms. The van der Waals surface area contributed by atoms with E-state index in [4.69, 9.17) is 0 Å². The highest BCUT2D eigenvalue weighted by Crippen LogP contribution is 2.19. The van der Waals surface area contributed by atoms with Gasteiger partial charge in [0.2, 0.25) is 5.91 Å². The van der Waals surface area contributed by atoms with E-state index in [0.717, 1.165) is 25.2 Å². The standard InChI is InChI=1S/C16H25N3O/c1-12-6-7-15(13(9-12)11-19(2)3)18-16(20)10-14-5-4-8-17-14/h6-7,9,14,17H,4-5,8,10-11H2,1-3H3,(H,18,20). The van der Waals surface area contributed by atoms with E-state index in [2.05, 4.69) is 28.5 Å². The Kier molecular flexibility index (Phi) is 5.15. The molecule has 0 saturated carbocycles. The quantitative estimate of drug-likeness (QED) is 0.865. The van der Waals surface area contributed by atoms with Crippen LogP contribution in [0.3, 0.4) is 0 Å². The molecule has 1 amide bonds. The Balaban J connectivity index is 2.01. The van der Waals surface area contributed by atoms with Gasteiger partial charge < -0.3 is 15.5 Å². The number of hydrogen-bond donors (Lipinski definition) is 2. The third-order valence-corrected chi connectivity index (χ3v) is 3.62. The molecule has 2 N–H and O–H groups in total. The van der Waals surface area contributed by atoms with Gasteiger partial charge in [-0.3, -0.25) is 4.79 Å². The van der Waals surface area contributed by atoms with E-state index in [1.54, 1.807) is 0 Å². The Labute approximate surface area is 121 Å². The molecule has 20 heavy (non-hydrogen) atoms. The van der Waals surface area contributed by atoms with Crippen molar-refractivity contribution in [2.24, 2.45) is 0 Å². The molecular weight excluding hydrogens is 250 g/mol. The molecule has 110 valence electrons. The predicted octanol–water partition coefficient (Wildman–Crippen LogP) is 2.14. The van der Waals surface area contributed by atoms with Crippen LogP contribution in [0.5, 0.6) is 0 Å². The normalized spacial score (nSPS) is 18.5. The van der Waals surface area contributed by atoms with Gasteiger partial charge in [0.05, 0.1) is 0 Å². The van der Waals surface area contributed by atoms with Gasteiger partial charge in [-0.2, -0.15) is 0 Å². The van der Waals surface area contributed by atoms with Gasteiger partial charge in [0.1, 0.15) is 0 Å². The van der Waals surface area contributed by atoms with Gasteiger partial charge in [-0.25, -0.2) is 0 Å². The molecule has 0 aromatic heterocycles. The van der Waals surface area contributed by atoms with Crippen LogP contribution >= 0.6 is 0 Å². The van der Waals surface area contributed by atoms with E-state index in [-0.39, 0.29) is 5.91 Å². The minimum Gasteiger partial charge on any atom is -0.326 e. The van der Waals surface area contributed by atoms with Gasteiger partial charge in [0.25, 0.3) is 0 Å². The summed E-state index contributed by atoms with van der Waals surface area (Å²) in [6, 6.07) is 6.54. The number of amides is 1. The first-order valence-corrected chi connectivity index (χ1v) is 7.32. The van der Waals surface area contributed by atoms with Crippen molar-refractivity contribution in [3.05, 3.63) is 29.3 Å². The second-order valence-corrected chi connectivity index (χ2v) is 5.94. The molecule has 4 nitrogen and oxygen atoms in total. The van der Waals surface area contributed by atoms with Crippen molar-refractivity contribution in [1.82, 2.24) is 10.2 Å². The first-order valence-electron chi connectivity index (χ1n) is 7.32. The van der Waals surface area contributed by atoms with Crippen LogP contribution in [0.1, 0.15) is 30.4 Å². The smallest absolute Gasteiger partial charge is 0.225 e. The number of aryl methyl sites for hydroxylation is 1. The van der Waals surface area contributed by atoms with E-state index >= 15 is 0 Å². The Morgan fingerprint density at radius 2 is 2.25 bits per heavy atom. The number of nitrogens with one attached hydrogen (secondary N) is 2. The molecule has 1 fully saturated rings. The highest BCUT2D eigenvalue weighted by atomic mass is 16.1. The van der Waals surface area contributed by atoms with Crippen molar-refractivity contribution < 1.29 is 4.79 Å². The molecule has 1 aromatic rings. The Bertz CT molecular complexity index is 465. The van der Waals surface area contributed by atoms with Crippen LogP contribution in [0.25, 0.3) is 0 Å². The van der Waals surface area contributed by atoms with Crippen LogP contribution in [0.2, 0.25) is 0 Å². The van der Waals surface area contributed by atoms with E-state index in [9.17, 15) is 4.79 Å². The Hall–Kier alpha value is -1.39. The molecule has 1 saturated heterocycles. The second-order valence-electron chi connectivity index (χ2n) is 5.94. The third-order valence-electron chi connectivity index (χ3n) is 3.62. The lowest BCUT2D eigenvalue weighted by molar-refractivity contribution is -0.116. The summed E-state index contributed by atoms with van der Waals surface area (Å²) in [5.41, 5.74) is 3.33. The van der Waals surface area contributed by atoms with Crippen molar-refractivity contribution in [3.8, 4) is 0 Å². The summed E-state index contributed by atoms with van der Waals surface area (Å²) in [6.07, 6.45) is 2.84. The van der Waals surface area contributed by atoms with Gasteiger partial charge in [-0.1, -0.05) is 17.7 Å². The molecule has 0 bridgehead atoms. The number of anilines is 1. The highest BCUT2D eigenvalue weighted by molar-refractivity contribution is 5.92. The fraction of sp³-hybridized carbons (Fsp3) is 0.562. The zero-order valence-corrected chi connectivity index (χ0v) is 12.7. The summed E-state index contributed by atoms with van der Waals surface area (Å²) in [6.45, 7) is 3.94. The lowest BCUT2D eigenvalue weighted by Gasteiger charge is -2.17. The monoisotopic (exact) mass is 275 g/mol. The molecule has 0 radical (unpaired) electrons. The van der Waals surface area contributed by atoms with Crippen LogP contribution in [0, 0.1) is 6.92 Å². The number of carbonyl (C=O) groups excluding carboxylic acids is 1. The van der Waals surface area contributed by atoms with Gasteiger partial charge in [-0.15, -0.1) is 0 Å². The molecule has 1 aromatic carbocycles. The summed E-state index contributed by atoms with van der Waals surface area (Å²) >= 11 is 0. The second kappa shape index (κ2) is 6.86. The summed E-state index contributed by atoms with van der Waals surface area (Å²) in [5.74, 6) is 0.105. The fourth-order valence-electron chi connectivity index (χ4n) is 2.67. The van der Waals surface area contributed by atoms with E-state index < -0.39 is 0 Å². The molecule has 1 atom stereocenters. The average Bonchev–Trinajstić information content (AvgIpc) is 2.84. The summed E-state index contributed by atoms with van der Waals surface area (Å²) in [7, 11) is 4.08. The molecule has 1 aliphatic heterocycles. The SMILES string of the molecule is Cc1ccc(NC(=O)CC2CCCN2)c(CN(C)C)c1. The summed E-state index contributed by atoms with van der Waals surface area (Å²) in [4.78, 5) is 14.2. The predicted molar refractivity (Wildman–Crippen MR) is 82.8 cm³/mol. The molecule has 0 spiro atoms. The fourth-order valence-corrected chi connectivity index (χ4v) is 2.67. The summed E-state index contributed by atoms with van der Waals surface area (Å²) in [5, 5.41) is 6.42. The molecule has 1 aliphatic rings. The number of benzene rings is 1. The maximum absolute atomic E-state index is 12.1. The molecular formula is C16H25N3O. The lowest BCUT2D eigenvalue weighted by Crippen LogP contribution is -2.28. The van der Waals surface area contributed by atoms with E-state index in [1.807, 2.05) is 26.2 Å². The number of nitrogens with zero attached hydrogens (tertiary/aromatic N) is 1. The number of carbonyl (C=O) groups is 1. The first kappa shape index (κ1) is 15.0. The van der Waals surface area contributed by atoms with Crippen molar-refractivity contribution in [2.45, 2.75) is 38.8 Å². The van der Waals surface area contributed by atoms with Gasteiger partial charge in [-0.05, 0) is 52.0 Å². The molecule has 2 rings (SSSR count). The highest BCUT2D eigenvalue weighted by Gasteiger charge is 2.18. The minimum absolute atomic E-state index is 0.105. The van der Waals surface area contributed by atoms with Crippen LogP contribution < -0.4 is 10.6 Å². The van der Waals surface area contributed by atoms with E-state index in [0.29, 0.717) is 12.5 Å². The maximum atomic E-state index is 12.1. The third kappa shape index (κ3) is 4.32. The van der Waals surface area contributed by atoms with Gasteiger partial charge in [0, 0.05) is 24.7 Å². The number of hydrogen-bond acceptors (Lipinski definition) is 3. The molecule has 1 heterocycles. The average molecular weight is 275 g/mol. The number of rotatable bonds is 5. The van der Waals surface area contributed by atoms with Gasteiger partial charge in [0.15, 0.2) is 0 Å². The topological polar surface area (TPSA) is 44.4 Å². The van der Waals surface area contributed by atoms with Crippen LogP contribution in [0.4, 0.5) is 5.69 Å². The van der Waals surface area contributed by atoms with E-state index in [1.165, 1.54) is 17.5 Å². The first-order chi connectivity index (χ1) is 9.54. The van der Waals surface area contributed by atoms with Crippen LogP contribution in [0.15, 0.2) is 18.2 Å². The van der Waals surface area contributed by atoms with Crippen molar-refractivity contribution in [3.63, 3.8) is 0 Å². The van der Waals surface area contributed by atoms with Gasteiger partial charge >= 0.3 is 0 Å². The van der Waals surface area contributed by atoms with Crippen LogP contribution in [-0.4, -0.2) is 37.5 Å². The van der Waals surface area contributed by atoms with Crippen molar-refractivity contribution >= 4 is 11.6 Å². The lowest BCUT2D eigenvalue weighted by atomic mass is 10.1. The maximum Gasteiger partial charge on any atom is 0.225 e. The zero-order valence-electron chi connectivity index (χ0n) is 12.7. The summed E-state index contributed by atoms with van der Waals surface area (Å²) < 4.78 is 0. The van der Waals surface area contributed by atoms with Crippen molar-refractivity contribution in [2.75, 3.05) is 26.0 Å². The van der Waals surface area contributed by atoms with Crippen molar-refractivity contribution in [1.29, 1.82) is 0 Å². The largest absolute Gasteiger partial charge is 0.326 e. The minimum atomic E-state index is 0.105. The Morgan fingerprint density at radius 1 is 1.45 bits per heavy atom.